The summed E-state index contributed by atoms with van der Waals surface area (Å²) in [6, 6.07) is 5.03. The Bertz CT molecular complexity index is 782. The molecule has 2 rings (SSSR count). The topological polar surface area (TPSA) is 106 Å². The first kappa shape index (κ1) is 24.3. The molecule has 1 fully saturated rings. The average Bonchev–Trinajstić information content (AvgIpc) is 2.74. The van der Waals surface area contributed by atoms with E-state index in [0.29, 0.717) is 36.7 Å². The van der Waals surface area contributed by atoms with E-state index in [1.54, 1.807) is 51.0 Å². The minimum Gasteiger partial charge on any atom is -0.493 e. The number of amides is 3. The van der Waals surface area contributed by atoms with Crippen LogP contribution in [0.25, 0.3) is 0 Å². The fraction of sp³-hybridized carbons (Fsp3) is 0.591. The maximum Gasteiger partial charge on any atom is 0.408 e. The van der Waals surface area contributed by atoms with Gasteiger partial charge in [-0.25, -0.2) is 4.79 Å². The first-order valence-corrected chi connectivity index (χ1v) is 10.4. The minimum absolute atomic E-state index is 0.0877. The smallest absolute Gasteiger partial charge is 0.408 e. The van der Waals surface area contributed by atoms with Crippen LogP contribution >= 0.6 is 0 Å². The summed E-state index contributed by atoms with van der Waals surface area (Å²) < 4.78 is 15.6. The predicted molar refractivity (Wildman–Crippen MR) is 115 cm³/mol. The molecular formula is C22H33N3O6. The molecular weight excluding hydrogens is 402 g/mol. The monoisotopic (exact) mass is 435 g/mol. The van der Waals surface area contributed by atoms with E-state index in [-0.39, 0.29) is 24.3 Å². The van der Waals surface area contributed by atoms with Crippen molar-refractivity contribution in [3.63, 3.8) is 0 Å². The molecule has 0 aromatic heterocycles. The lowest BCUT2D eigenvalue weighted by atomic mass is 9.96. The van der Waals surface area contributed by atoms with Crippen LogP contribution in [0.1, 0.15) is 44.0 Å². The van der Waals surface area contributed by atoms with Gasteiger partial charge in [0.25, 0.3) is 5.91 Å². The number of nitrogens with one attached hydrogen (secondary N) is 2. The maximum atomic E-state index is 12.5. The Morgan fingerprint density at radius 1 is 1.03 bits per heavy atom. The number of hydrogen-bond donors (Lipinski definition) is 2. The minimum atomic E-state index is -0.604. The number of rotatable bonds is 7. The standard InChI is InChI=1S/C22H33N3O6/c1-22(2,3)31-21(28)24-14-19(26)25-10-8-15(9-11-25)13-23-20(27)16-6-7-17(29-4)18(12-16)30-5/h6-7,12,15H,8-11,13-14H2,1-5H3,(H,23,27)(H,24,28). The van der Waals surface area contributed by atoms with Crippen LogP contribution in [0.3, 0.4) is 0 Å². The molecule has 2 N–H and O–H groups in total. The van der Waals surface area contributed by atoms with Crippen LogP contribution in [0.5, 0.6) is 11.5 Å². The summed E-state index contributed by atoms with van der Waals surface area (Å²) in [5.41, 5.74) is -0.106. The largest absolute Gasteiger partial charge is 0.493 e. The number of ether oxygens (including phenoxy) is 3. The Kier molecular flexibility index (Phi) is 8.53. The van der Waals surface area contributed by atoms with Gasteiger partial charge in [0.1, 0.15) is 12.1 Å². The Hall–Kier alpha value is -2.97. The number of carbonyl (C=O) groups excluding carboxylic acids is 3. The van der Waals surface area contributed by atoms with Crippen LogP contribution in [-0.2, 0) is 9.53 Å². The average molecular weight is 436 g/mol. The van der Waals surface area contributed by atoms with Gasteiger partial charge in [0.2, 0.25) is 5.91 Å². The number of likely N-dealkylation sites (tertiary alicyclic amines) is 1. The van der Waals surface area contributed by atoms with Gasteiger partial charge in [-0.05, 0) is 57.7 Å². The summed E-state index contributed by atoms with van der Waals surface area (Å²) >= 11 is 0. The van der Waals surface area contributed by atoms with Crippen molar-refractivity contribution in [1.29, 1.82) is 0 Å². The quantitative estimate of drug-likeness (QED) is 0.680. The van der Waals surface area contributed by atoms with Crippen LogP contribution < -0.4 is 20.1 Å². The van der Waals surface area contributed by atoms with Crippen molar-refractivity contribution in [3.05, 3.63) is 23.8 Å². The van der Waals surface area contributed by atoms with Gasteiger partial charge in [-0.2, -0.15) is 0 Å². The maximum absolute atomic E-state index is 12.5. The molecule has 1 heterocycles. The SMILES string of the molecule is COc1ccc(C(=O)NCC2CCN(C(=O)CNC(=O)OC(C)(C)C)CC2)cc1OC. The summed E-state index contributed by atoms with van der Waals surface area (Å²) in [6.07, 6.45) is 0.961. The number of methoxy groups -OCH3 is 2. The van der Waals surface area contributed by atoms with Gasteiger partial charge in [0.05, 0.1) is 14.2 Å². The van der Waals surface area contributed by atoms with Gasteiger partial charge in [0.15, 0.2) is 11.5 Å². The number of piperidine rings is 1. The molecule has 1 saturated heterocycles. The third kappa shape index (κ3) is 7.66. The van der Waals surface area contributed by atoms with Gasteiger partial charge in [0, 0.05) is 25.2 Å². The molecule has 0 radical (unpaired) electrons. The van der Waals surface area contributed by atoms with Crippen molar-refractivity contribution >= 4 is 17.9 Å². The highest BCUT2D eigenvalue weighted by Gasteiger charge is 2.24. The molecule has 9 heteroatoms. The summed E-state index contributed by atoms with van der Waals surface area (Å²) in [5.74, 6) is 1.03. The second kappa shape index (κ2) is 10.9. The molecule has 0 spiro atoms. The second-order valence-electron chi connectivity index (χ2n) is 8.46. The Morgan fingerprint density at radius 3 is 2.26 bits per heavy atom. The number of benzene rings is 1. The van der Waals surface area contributed by atoms with E-state index >= 15 is 0 Å². The van der Waals surface area contributed by atoms with E-state index in [4.69, 9.17) is 14.2 Å². The van der Waals surface area contributed by atoms with Crippen molar-refractivity contribution in [2.45, 2.75) is 39.2 Å². The Morgan fingerprint density at radius 2 is 1.68 bits per heavy atom. The van der Waals surface area contributed by atoms with E-state index in [1.807, 2.05) is 0 Å². The van der Waals surface area contributed by atoms with Crippen LogP contribution in [0, 0.1) is 5.92 Å². The van der Waals surface area contributed by atoms with Gasteiger partial charge < -0.3 is 29.7 Å². The summed E-state index contributed by atoms with van der Waals surface area (Å²) in [5, 5.41) is 5.45. The molecule has 0 bridgehead atoms. The van der Waals surface area contributed by atoms with Crippen LogP contribution in [-0.4, -0.2) is 68.8 Å². The molecule has 1 aromatic carbocycles. The first-order chi connectivity index (χ1) is 14.6. The zero-order chi connectivity index (χ0) is 23.0. The predicted octanol–water partition coefficient (Wildman–Crippen LogP) is 2.20. The van der Waals surface area contributed by atoms with Gasteiger partial charge in [-0.1, -0.05) is 0 Å². The Balaban J connectivity index is 1.73. The Labute approximate surface area is 183 Å². The number of nitrogens with zero attached hydrogens (tertiary/aromatic N) is 1. The van der Waals surface area contributed by atoms with Crippen LogP contribution in [0.2, 0.25) is 0 Å². The summed E-state index contributed by atoms with van der Waals surface area (Å²) in [7, 11) is 3.07. The lowest BCUT2D eigenvalue weighted by molar-refractivity contribution is -0.131. The van der Waals surface area contributed by atoms with Crippen molar-refractivity contribution in [3.8, 4) is 11.5 Å². The second-order valence-corrected chi connectivity index (χ2v) is 8.46. The third-order valence-electron chi connectivity index (χ3n) is 4.95. The highest BCUT2D eigenvalue weighted by atomic mass is 16.6. The van der Waals surface area contributed by atoms with Gasteiger partial charge >= 0.3 is 6.09 Å². The normalized spacial score (nSPS) is 14.5. The summed E-state index contributed by atoms with van der Waals surface area (Å²) in [4.78, 5) is 38.2. The highest BCUT2D eigenvalue weighted by Crippen LogP contribution is 2.27. The van der Waals surface area contributed by atoms with Crippen LogP contribution in [0.4, 0.5) is 4.79 Å². The number of alkyl carbamates (subject to hydrolysis) is 1. The van der Waals surface area contributed by atoms with Gasteiger partial charge in [-0.15, -0.1) is 0 Å². The molecule has 1 aliphatic rings. The zero-order valence-corrected chi connectivity index (χ0v) is 18.9. The van der Waals surface area contributed by atoms with E-state index in [2.05, 4.69) is 10.6 Å². The van der Waals surface area contributed by atoms with Crippen molar-refractivity contribution in [1.82, 2.24) is 15.5 Å². The van der Waals surface area contributed by atoms with Crippen molar-refractivity contribution in [2.24, 2.45) is 5.92 Å². The number of hydrogen-bond acceptors (Lipinski definition) is 6. The van der Waals surface area contributed by atoms with Crippen molar-refractivity contribution in [2.75, 3.05) is 40.4 Å². The third-order valence-corrected chi connectivity index (χ3v) is 4.95. The lowest BCUT2D eigenvalue weighted by Gasteiger charge is -2.32. The lowest BCUT2D eigenvalue weighted by Crippen LogP contribution is -2.46. The molecule has 172 valence electrons. The molecule has 1 aliphatic heterocycles. The molecule has 31 heavy (non-hydrogen) atoms. The fourth-order valence-corrected chi connectivity index (χ4v) is 3.28. The van der Waals surface area contributed by atoms with Gasteiger partial charge in [-0.3, -0.25) is 9.59 Å². The molecule has 0 unspecified atom stereocenters. The van der Waals surface area contributed by atoms with Crippen molar-refractivity contribution < 1.29 is 28.6 Å². The zero-order valence-electron chi connectivity index (χ0n) is 18.9. The molecule has 0 aliphatic carbocycles. The van der Waals surface area contributed by atoms with E-state index < -0.39 is 11.7 Å². The molecule has 9 nitrogen and oxygen atoms in total. The fourth-order valence-electron chi connectivity index (χ4n) is 3.28. The summed E-state index contributed by atoms with van der Waals surface area (Å²) in [6.45, 7) is 6.92. The molecule has 0 atom stereocenters. The molecule has 3 amide bonds. The van der Waals surface area contributed by atoms with E-state index in [1.165, 1.54) is 7.11 Å². The molecule has 1 aromatic rings. The van der Waals surface area contributed by atoms with E-state index in [0.717, 1.165) is 12.8 Å². The highest BCUT2D eigenvalue weighted by molar-refractivity contribution is 5.94. The van der Waals surface area contributed by atoms with E-state index in [9.17, 15) is 14.4 Å². The first-order valence-electron chi connectivity index (χ1n) is 10.4. The molecule has 0 saturated carbocycles. The van der Waals surface area contributed by atoms with Crippen LogP contribution in [0.15, 0.2) is 18.2 Å². The number of carbonyl (C=O) groups is 3.